The Kier molecular flexibility index (Phi) is 9.06. The van der Waals surface area contributed by atoms with Gasteiger partial charge in [-0.15, -0.1) is 11.3 Å². The molecule has 0 aliphatic rings. The van der Waals surface area contributed by atoms with Crippen molar-refractivity contribution >= 4 is 49.2 Å². The van der Waals surface area contributed by atoms with Crippen LogP contribution < -0.4 is 10.2 Å². The average Bonchev–Trinajstić information content (AvgIpc) is 3.20. The number of fused-ring (bicyclic) bond motifs is 1. The van der Waals surface area contributed by atoms with Crippen molar-refractivity contribution in [2.45, 2.75) is 54.3 Å². The topological polar surface area (TPSA) is 108 Å². The summed E-state index contributed by atoms with van der Waals surface area (Å²) in [5.74, 6) is 0.169. The van der Waals surface area contributed by atoms with E-state index in [1.54, 1.807) is 53.6 Å². The van der Waals surface area contributed by atoms with Crippen molar-refractivity contribution in [3.05, 3.63) is 54.1 Å². The third kappa shape index (κ3) is 6.76. The molecule has 0 aliphatic carbocycles. The number of thiazole rings is 1. The number of carbonyl (C=O) groups excluding carboxylic acids is 1. The minimum absolute atomic E-state index is 0.0527. The van der Waals surface area contributed by atoms with Crippen molar-refractivity contribution in [1.82, 2.24) is 15.2 Å². The van der Waals surface area contributed by atoms with Gasteiger partial charge in [0.15, 0.2) is 4.34 Å². The molecular weight excluding hydrogens is 466 g/mol. The van der Waals surface area contributed by atoms with Crippen LogP contribution in [0.2, 0.25) is 0 Å². The van der Waals surface area contributed by atoms with Crippen molar-refractivity contribution in [1.29, 1.82) is 0 Å². The van der Waals surface area contributed by atoms with Crippen LogP contribution in [0, 0.1) is 0 Å². The molecule has 0 spiro atoms. The molecule has 7 nitrogen and oxygen atoms in total. The largest absolute Gasteiger partial charge is 0.289 e. The summed E-state index contributed by atoms with van der Waals surface area (Å²) in [6.45, 7) is 2.18. The molecule has 1 heterocycles. The van der Waals surface area contributed by atoms with Crippen molar-refractivity contribution in [3.63, 3.8) is 0 Å². The van der Waals surface area contributed by atoms with Gasteiger partial charge in [-0.25, -0.2) is 18.9 Å². The number of rotatable bonds is 12. The van der Waals surface area contributed by atoms with Gasteiger partial charge in [-0.3, -0.25) is 10.0 Å². The van der Waals surface area contributed by atoms with E-state index in [4.69, 9.17) is 5.21 Å². The lowest BCUT2D eigenvalue weighted by atomic mass is 10.1. The second kappa shape index (κ2) is 11.8. The fourth-order valence-electron chi connectivity index (χ4n) is 3.17. The van der Waals surface area contributed by atoms with Crippen LogP contribution >= 0.6 is 23.1 Å². The zero-order chi connectivity index (χ0) is 23.0. The van der Waals surface area contributed by atoms with E-state index in [1.165, 1.54) is 36.7 Å². The van der Waals surface area contributed by atoms with Gasteiger partial charge in [-0.1, -0.05) is 68.3 Å². The van der Waals surface area contributed by atoms with Crippen LogP contribution in [0.3, 0.4) is 0 Å². The number of hydrogen-bond acceptors (Lipinski definition) is 7. The summed E-state index contributed by atoms with van der Waals surface area (Å²) in [5, 5.41) is 9.07. The van der Waals surface area contributed by atoms with E-state index in [1.807, 2.05) is 6.07 Å². The molecule has 3 aromatic rings. The van der Waals surface area contributed by atoms with Gasteiger partial charge in [0.25, 0.3) is 5.91 Å². The van der Waals surface area contributed by atoms with Gasteiger partial charge in [0.05, 0.1) is 15.1 Å². The number of benzene rings is 2. The highest BCUT2D eigenvalue weighted by Gasteiger charge is 2.26. The Balaban J connectivity index is 1.74. The van der Waals surface area contributed by atoms with Crippen LogP contribution in [0.1, 0.15) is 38.2 Å². The Bertz CT molecular complexity index is 1130. The SMILES string of the molecule is CCCCCCSc1nc2ccc(S(=O)(=O)N[C@H](Cc3ccccc3)C(=O)NO)cc2s1. The Hall–Kier alpha value is -1.98. The minimum Gasteiger partial charge on any atom is -0.289 e. The second-order valence-electron chi connectivity index (χ2n) is 7.36. The Morgan fingerprint density at radius 1 is 1.16 bits per heavy atom. The number of amides is 1. The fraction of sp³-hybridized carbons (Fsp3) is 0.364. The standard InChI is InChI=1S/C22H27N3O4S3/c1-2-3-4-8-13-30-22-23-18-12-11-17(15-20(18)31-22)32(28,29)25-19(21(26)24-27)14-16-9-6-5-7-10-16/h5-7,9-12,15,19,25,27H,2-4,8,13-14H2,1H3,(H,24,26)/t19-/m1/s1. The third-order valence-corrected chi connectivity index (χ3v) is 8.60. The maximum atomic E-state index is 13.0. The van der Waals surface area contributed by atoms with Gasteiger partial charge in [-0.05, 0) is 36.6 Å². The first kappa shape index (κ1) is 24.7. The second-order valence-corrected chi connectivity index (χ2v) is 11.4. The first-order valence-corrected chi connectivity index (χ1v) is 13.7. The molecule has 172 valence electrons. The van der Waals surface area contributed by atoms with Crippen LogP contribution in [-0.4, -0.2) is 36.3 Å². The summed E-state index contributed by atoms with van der Waals surface area (Å²) < 4.78 is 30.1. The number of nitrogens with zero attached hydrogens (tertiary/aromatic N) is 1. The van der Waals surface area contributed by atoms with Crippen molar-refractivity contribution in [2.24, 2.45) is 0 Å². The van der Waals surface area contributed by atoms with Gasteiger partial charge in [0.1, 0.15) is 6.04 Å². The maximum Gasteiger partial charge on any atom is 0.261 e. The van der Waals surface area contributed by atoms with E-state index >= 15 is 0 Å². The summed E-state index contributed by atoms with van der Waals surface area (Å²) in [6, 6.07) is 12.6. The molecular formula is C22H27N3O4S3. The number of nitrogens with one attached hydrogen (secondary N) is 2. The van der Waals surface area contributed by atoms with Gasteiger partial charge in [-0.2, -0.15) is 4.72 Å². The fourth-order valence-corrected chi connectivity index (χ4v) is 6.65. The van der Waals surface area contributed by atoms with Crippen LogP contribution in [0.15, 0.2) is 57.8 Å². The van der Waals surface area contributed by atoms with E-state index in [-0.39, 0.29) is 11.3 Å². The molecule has 1 aromatic heterocycles. The molecule has 0 unspecified atom stereocenters. The predicted molar refractivity (Wildman–Crippen MR) is 129 cm³/mol. The highest BCUT2D eigenvalue weighted by Crippen LogP contribution is 2.31. The molecule has 0 radical (unpaired) electrons. The number of sulfonamides is 1. The number of hydrogen-bond donors (Lipinski definition) is 3. The molecule has 3 N–H and O–H groups in total. The van der Waals surface area contributed by atoms with Gasteiger partial charge in [0, 0.05) is 5.75 Å². The van der Waals surface area contributed by atoms with E-state index < -0.39 is 22.0 Å². The van der Waals surface area contributed by atoms with Gasteiger partial charge < -0.3 is 0 Å². The molecule has 0 saturated heterocycles. The monoisotopic (exact) mass is 493 g/mol. The third-order valence-electron chi connectivity index (χ3n) is 4.88. The Morgan fingerprint density at radius 2 is 1.94 bits per heavy atom. The molecule has 1 atom stereocenters. The first-order valence-electron chi connectivity index (χ1n) is 10.5. The quantitative estimate of drug-likeness (QED) is 0.150. The molecule has 0 fully saturated rings. The van der Waals surface area contributed by atoms with Crippen LogP contribution in [0.5, 0.6) is 0 Å². The van der Waals surface area contributed by atoms with E-state index in [9.17, 15) is 13.2 Å². The van der Waals surface area contributed by atoms with Gasteiger partial charge in [0.2, 0.25) is 10.0 Å². The molecule has 1 amide bonds. The lowest BCUT2D eigenvalue weighted by molar-refractivity contribution is -0.130. The van der Waals surface area contributed by atoms with Crippen LogP contribution in [0.4, 0.5) is 0 Å². The lowest BCUT2D eigenvalue weighted by Crippen LogP contribution is -2.47. The summed E-state index contributed by atoms with van der Waals surface area (Å²) in [5.41, 5.74) is 3.06. The molecule has 0 bridgehead atoms. The Morgan fingerprint density at radius 3 is 2.66 bits per heavy atom. The molecule has 2 aromatic carbocycles. The average molecular weight is 494 g/mol. The molecule has 32 heavy (non-hydrogen) atoms. The van der Waals surface area contributed by atoms with Crippen LogP contribution in [-0.2, 0) is 21.2 Å². The minimum atomic E-state index is -3.99. The van der Waals surface area contributed by atoms with E-state index in [2.05, 4.69) is 16.6 Å². The summed E-state index contributed by atoms with van der Waals surface area (Å²) in [7, 11) is -3.99. The predicted octanol–water partition coefficient (Wildman–Crippen LogP) is 4.36. The molecule has 10 heteroatoms. The van der Waals surface area contributed by atoms with Crippen molar-refractivity contribution < 1.29 is 18.4 Å². The zero-order valence-corrected chi connectivity index (χ0v) is 20.2. The summed E-state index contributed by atoms with van der Waals surface area (Å²) in [4.78, 5) is 16.7. The van der Waals surface area contributed by atoms with Crippen LogP contribution in [0.25, 0.3) is 10.2 Å². The number of aromatic nitrogens is 1. The number of thioether (sulfide) groups is 1. The van der Waals surface area contributed by atoms with Gasteiger partial charge >= 0.3 is 0 Å². The van der Waals surface area contributed by atoms with E-state index in [0.29, 0.717) is 0 Å². The Labute approximate surface area is 196 Å². The molecule has 3 rings (SSSR count). The number of hydroxylamine groups is 1. The summed E-state index contributed by atoms with van der Waals surface area (Å²) in [6.07, 6.45) is 4.87. The normalized spacial score (nSPS) is 12.7. The summed E-state index contributed by atoms with van der Waals surface area (Å²) >= 11 is 3.15. The molecule has 0 saturated carbocycles. The highest BCUT2D eigenvalue weighted by atomic mass is 32.2. The smallest absolute Gasteiger partial charge is 0.261 e. The zero-order valence-electron chi connectivity index (χ0n) is 17.8. The maximum absolute atomic E-state index is 13.0. The highest BCUT2D eigenvalue weighted by molar-refractivity contribution is 8.01. The first-order chi connectivity index (χ1) is 15.4. The number of unbranched alkanes of at least 4 members (excludes halogenated alkanes) is 3. The van der Waals surface area contributed by atoms with E-state index in [0.717, 1.165) is 32.3 Å². The van der Waals surface area contributed by atoms with Crippen molar-refractivity contribution in [3.8, 4) is 0 Å². The lowest BCUT2D eigenvalue weighted by Gasteiger charge is -2.17. The number of carbonyl (C=O) groups is 1. The molecule has 0 aliphatic heterocycles. The van der Waals surface area contributed by atoms with Crippen molar-refractivity contribution in [2.75, 3.05) is 5.75 Å².